The fourth-order valence-electron chi connectivity index (χ4n) is 4.53. The first-order chi connectivity index (χ1) is 12.1. The largest absolute Gasteiger partial charge is 0.326 e. The maximum atomic E-state index is 13.0. The van der Waals surface area contributed by atoms with Crippen molar-refractivity contribution in [2.24, 2.45) is 5.92 Å². The van der Waals surface area contributed by atoms with E-state index in [1.54, 1.807) is 6.20 Å². The van der Waals surface area contributed by atoms with Gasteiger partial charge in [-0.25, -0.2) is 9.69 Å². The minimum absolute atomic E-state index is 0.0266. The van der Waals surface area contributed by atoms with Gasteiger partial charge in [0.05, 0.1) is 6.67 Å². The Kier molecular flexibility index (Phi) is 4.23. The molecule has 1 atom stereocenters. The van der Waals surface area contributed by atoms with E-state index in [1.807, 2.05) is 12.3 Å². The van der Waals surface area contributed by atoms with Gasteiger partial charge < -0.3 is 5.32 Å². The number of imide groups is 1. The fourth-order valence-corrected chi connectivity index (χ4v) is 4.53. The van der Waals surface area contributed by atoms with Crippen molar-refractivity contribution in [1.29, 1.82) is 0 Å². The van der Waals surface area contributed by atoms with E-state index in [-0.39, 0.29) is 18.0 Å². The smallest absolute Gasteiger partial charge is 0.323 e. The topological polar surface area (TPSA) is 65.5 Å². The first kappa shape index (κ1) is 16.5. The number of nitrogens with zero attached hydrogens (tertiary/aromatic N) is 3. The van der Waals surface area contributed by atoms with Crippen LogP contribution in [0.3, 0.4) is 0 Å². The van der Waals surface area contributed by atoms with Gasteiger partial charge in [0.15, 0.2) is 0 Å². The second-order valence-corrected chi connectivity index (χ2v) is 7.83. The standard InChI is InChI=1S/C19H26N4O2/c1-14-6-8-19(9-7-14)17(24)23(18(25)21-19)13-22-11-3-5-16(22)15-4-2-10-20-12-15/h2,4,10,12,14,16H,3,5-9,11,13H2,1H3,(H,21,25)/t14?,16-,19?/m0/s1. The van der Waals surface area contributed by atoms with Crippen LogP contribution in [0.25, 0.3) is 0 Å². The zero-order chi connectivity index (χ0) is 17.4. The van der Waals surface area contributed by atoms with Crippen LogP contribution in [0, 0.1) is 5.92 Å². The van der Waals surface area contributed by atoms with E-state index in [0.717, 1.165) is 50.6 Å². The maximum Gasteiger partial charge on any atom is 0.326 e. The summed E-state index contributed by atoms with van der Waals surface area (Å²) in [4.78, 5) is 33.4. The summed E-state index contributed by atoms with van der Waals surface area (Å²) >= 11 is 0. The molecule has 3 aliphatic rings. The lowest BCUT2D eigenvalue weighted by Gasteiger charge is -2.34. The summed E-state index contributed by atoms with van der Waals surface area (Å²) in [6, 6.07) is 4.03. The summed E-state index contributed by atoms with van der Waals surface area (Å²) in [5, 5.41) is 3.02. The molecule has 1 saturated carbocycles. The number of nitrogens with one attached hydrogen (secondary N) is 1. The Morgan fingerprint density at radius 2 is 2.08 bits per heavy atom. The summed E-state index contributed by atoms with van der Waals surface area (Å²) < 4.78 is 0. The molecule has 2 saturated heterocycles. The number of pyridine rings is 1. The highest BCUT2D eigenvalue weighted by Gasteiger charge is 2.52. The molecule has 0 bridgehead atoms. The molecule has 6 nitrogen and oxygen atoms in total. The van der Waals surface area contributed by atoms with E-state index in [4.69, 9.17) is 0 Å². The zero-order valence-corrected chi connectivity index (χ0v) is 14.8. The van der Waals surface area contributed by atoms with Crippen LogP contribution in [-0.4, -0.2) is 45.5 Å². The van der Waals surface area contributed by atoms with Gasteiger partial charge in [-0.1, -0.05) is 13.0 Å². The minimum Gasteiger partial charge on any atom is -0.323 e. The monoisotopic (exact) mass is 342 g/mol. The van der Waals surface area contributed by atoms with Crippen molar-refractivity contribution in [3.8, 4) is 0 Å². The van der Waals surface area contributed by atoms with E-state index in [2.05, 4.69) is 28.2 Å². The van der Waals surface area contributed by atoms with E-state index < -0.39 is 5.54 Å². The molecule has 25 heavy (non-hydrogen) atoms. The Bertz CT molecular complexity index is 655. The average molecular weight is 342 g/mol. The van der Waals surface area contributed by atoms with Gasteiger partial charge in [-0.2, -0.15) is 0 Å². The van der Waals surface area contributed by atoms with E-state index in [1.165, 1.54) is 4.90 Å². The van der Waals surface area contributed by atoms with Crippen LogP contribution in [0.2, 0.25) is 0 Å². The predicted molar refractivity (Wildman–Crippen MR) is 93.5 cm³/mol. The number of likely N-dealkylation sites (tertiary alicyclic amines) is 1. The Morgan fingerprint density at radius 1 is 1.28 bits per heavy atom. The van der Waals surface area contributed by atoms with Gasteiger partial charge in [-0.3, -0.25) is 14.7 Å². The number of carbonyl (C=O) groups is 2. The van der Waals surface area contributed by atoms with E-state index in [9.17, 15) is 9.59 Å². The summed E-state index contributed by atoms with van der Waals surface area (Å²) in [7, 11) is 0. The number of rotatable bonds is 3. The van der Waals surface area contributed by atoms with Crippen LogP contribution in [0.5, 0.6) is 0 Å². The van der Waals surface area contributed by atoms with Crippen molar-refractivity contribution in [1.82, 2.24) is 20.1 Å². The van der Waals surface area contributed by atoms with Crippen molar-refractivity contribution in [3.05, 3.63) is 30.1 Å². The lowest BCUT2D eigenvalue weighted by molar-refractivity contribution is -0.134. The molecule has 0 aromatic carbocycles. The molecule has 1 N–H and O–H groups in total. The van der Waals surface area contributed by atoms with Crippen molar-refractivity contribution < 1.29 is 9.59 Å². The highest BCUT2D eigenvalue weighted by molar-refractivity contribution is 6.07. The third-order valence-electron chi connectivity index (χ3n) is 6.13. The minimum atomic E-state index is -0.646. The molecule has 1 spiro atoms. The summed E-state index contributed by atoms with van der Waals surface area (Å²) in [5.74, 6) is 0.610. The molecule has 1 aromatic heterocycles. The number of aromatic nitrogens is 1. The van der Waals surface area contributed by atoms with Crippen LogP contribution in [-0.2, 0) is 4.79 Å². The van der Waals surface area contributed by atoms with Gasteiger partial charge in [0.25, 0.3) is 5.91 Å². The lowest BCUT2D eigenvalue weighted by Crippen LogP contribution is -2.50. The Labute approximate surface area is 148 Å². The van der Waals surface area contributed by atoms with Crippen molar-refractivity contribution in [2.45, 2.75) is 57.0 Å². The second-order valence-electron chi connectivity index (χ2n) is 7.83. The molecule has 3 fully saturated rings. The van der Waals surface area contributed by atoms with Gasteiger partial charge in [-0.05, 0) is 56.1 Å². The number of urea groups is 1. The molecule has 1 aromatic rings. The van der Waals surface area contributed by atoms with E-state index >= 15 is 0 Å². The summed E-state index contributed by atoms with van der Waals surface area (Å²) in [6.07, 6.45) is 9.31. The lowest BCUT2D eigenvalue weighted by atomic mass is 9.77. The van der Waals surface area contributed by atoms with Gasteiger partial charge in [0, 0.05) is 25.0 Å². The first-order valence-corrected chi connectivity index (χ1v) is 9.37. The predicted octanol–water partition coefficient (Wildman–Crippen LogP) is 2.68. The number of hydrogen-bond acceptors (Lipinski definition) is 4. The molecule has 1 aliphatic carbocycles. The van der Waals surface area contributed by atoms with Crippen LogP contribution in [0.4, 0.5) is 4.79 Å². The molecular weight excluding hydrogens is 316 g/mol. The first-order valence-electron chi connectivity index (χ1n) is 9.37. The van der Waals surface area contributed by atoms with Gasteiger partial charge in [-0.15, -0.1) is 0 Å². The summed E-state index contributed by atoms with van der Waals surface area (Å²) in [6.45, 7) is 3.50. The molecule has 2 aliphatic heterocycles. The number of amides is 3. The van der Waals surface area contributed by atoms with Crippen molar-refractivity contribution in [2.75, 3.05) is 13.2 Å². The highest BCUT2D eigenvalue weighted by atomic mass is 16.2. The Morgan fingerprint density at radius 3 is 2.80 bits per heavy atom. The molecule has 3 amide bonds. The van der Waals surface area contributed by atoms with Crippen molar-refractivity contribution >= 4 is 11.9 Å². The molecular formula is C19H26N4O2. The van der Waals surface area contributed by atoms with Gasteiger partial charge >= 0.3 is 6.03 Å². The second kappa shape index (κ2) is 6.41. The highest BCUT2D eigenvalue weighted by Crippen LogP contribution is 2.37. The van der Waals surface area contributed by atoms with Crippen LogP contribution < -0.4 is 5.32 Å². The Hall–Kier alpha value is -1.95. The van der Waals surface area contributed by atoms with Crippen molar-refractivity contribution in [3.63, 3.8) is 0 Å². The third kappa shape index (κ3) is 2.92. The SMILES string of the molecule is CC1CCC2(CC1)NC(=O)N(CN1CCC[C@H]1c1cccnc1)C2=O. The molecule has 134 valence electrons. The van der Waals surface area contributed by atoms with Gasteiger partial charge in [0.2, 0.25) is 0 Å². The zero-order valence-electron chi connectivity index (χ0n) is 14.8. The quantitative estimate of drug-likeness (QED) is 0.858. The van der Waals surface area contributed by atoms with Gasteiger partial charge in [0.1, 0.15) is 5.54 Å². The third-order valence-corrected chi connectivity index (χ3v) is 6.13. The molecule has 0 unspecified atom stereocenters. The summed E-state index contributed by atoms with van der Waals surface area (Å²) in [5.41, 5.74) is 0.515. The molecule has 3 heterocycles. The maximum absolute atomic E-state index is 13.0. The average Bonchev–Trinajstić information content (AvgIpc) is 3.18. The molecule has 4 rings (SSSR count). The number of carbonyl (C=O) groups excluding carboxylic acids is 2. The van der Waals surface area contributed by atoms with Crippen LogP contribution >= 0.6 is 0 Å². The van der Waals surface area contributed by atoms with Crippen LogP contribution in [0.15, 0.2) is 24.5 Å². The Balaban J connectivity index is 1.49. The van der Waals surface area contributed by atoms with Crippen LogP contribution in [0.1, 0.15) is 57.1 Å². The normalized spacial score (nSPS) is 33.2. The van der Waals surface area contributed by atoms with E-state index in [0.29, 0.717) is 12.6 Å². The molecule has 0 radical (unpaired) electrons. The number of hydrogen-bond donors (Lipinski definition) is 1. The fraction of sp³-hybridized carbons (Fsp3) is 0.632. The molecule has 6 heteroatoms.